The molecule has 2 heterocycles. The second-order valence-electron chi connectivity index (χ2n) is 5.86. The van der Waals surface area contributed by atoms with Gasteiger partial charge in [-0.15, -0.1) is 0 Å². The molecule has 3 aromatic rings. The topological polar surface area (TPSA) is 84.6 Å². The van der Waals surface area contributed by atoms with Gasteiger partial charge in [0.05, 0.1) is 6.61 Å². The second kappa shape index (κ2) is 6.20. The lowest BCUT2D eigenvalue weighted by Gasteiger charge is -2.07. The molecule has 6 nitrogen and oxygen atoms in total. The summed E-state index contributed by atoms with van der Waals surface area (Å²) in [4.78, 5) is 12.7. The maximum absolute atomic E-state index is 12.7. The first-order valence-electron chi connectivity index (χ1n) is 7.89. The minimum absolute atomic E-state index is 0.301. The van der Waals surface area contributed by atoms with Gasteiger partial charge in [0, 0.05) is 11.1 Å². The lowest BCUT2D eigenvalue weighted by molar-refractivity contribution is 0.102. The molecule has 0 fully saturated rings. The van der Waals surface area contributed by atoms with Crippen molar-refractivity contribution in [1.82, 2.24) is 5.16 Å². The summed E-state index contributed by atoms with van der Waals surface area (Å²) in [5.74, 6) is 0.224. The van der Waals surface area contributed by atoms with E-state index in [-0.39, 0.29) is 5.91 Å². The van der Waals surface area contributed by atoms with Gasteiger partial charge in [0.1, 0.15) is 11.4 Å². The fourth-order valence-corrected chi connectivity index (χ4v) is 2.85. The normalized spacial score (nSPS) is 13.0. The van der Waals surface area contributed by atoms with Crippen molar-refractivity contribution in [2.45, 2.75) is 13.5 Å². The van der Waals surface area contributed by atoms with Crippen LogP contribution in [0.1, 0.15) is 21.7 Å². The van der Waals surface area contributed by atoms with Crippen molar-refractivity contribution in [2.24, 2.45) is 0 Å². The molecule has 124 valence electrons. The summed E-state index contributed by atoms with van der Waals surface area (Å²) in [5.41, 5.74) is 3.91. The van der Waals surface area contributed by atoms with Crippen molar-refractivity contribution in [3.05, 3.63) is 65.4 Å². The number of hydrogen-bond acceptors (Lipinski definition) is 5. The number of aryl methyl sites for hydroxylation is 1. The highest BCUT2D eigenvalue weighted by Crippen LogP contribution is 2.30. The molecule has 7 heteroatoms. The largest absolute Gasteiger partial charge is 0.491 e. The lowest BCUT2D eigenvalue weighted by atomic mass is 9.79. The first-order chi connectivity index (χ1) is 12.1. The van der Waals surface area contributed by atoms with Crippen LogP contribution in [0, 0.1) is 6.92 Å². The smallest absolute Gasteiger partial charge is 0.423 e. The fraction of sp³-hybridized carbons (Fsp3) is 0.111. The van der Waals surface area contributed by atoms with Crippen LogP contribution in [0.3, 0.4) is 0 Å². The summed E-state index contributed by atoms with van der Waals surface area (Å²) in [6.07, 6.45) is 0. The molecule has 1 amide bonds. The van der Waals surface area contributed by atoms with Gasteiger partial charge in [-0.3, -0.25) is 4.79 Å². The Morgan fingerprint density at radius 1 is 1.24 bits per heavy atom. The Bertz CT molecular complexity index is 940. The third-order valence-corrected chi connectivity index (χ3v) is 4.22. The Hall–Kier alpha value is -2.90. The summed E-state index contributed by atoms with van der Waals surface area (Å²) in [6, 6.07) is 14.6. The molecule has 0 atom stereocenters. The molecule has 1 aliphatic heterocycles. The van der Waals surface area contributed by atoms with Crippen LogP contribution < -0.4 is 10.8 Å². The average molecular weight is 334 g/mol. The van der Waals surface area contributed by atoms with Gasteiger partial charge in [-0.2, -0.15) is 0 Å². The van der Waals surface area contributed by atoms with E-state index in [1.807, 2.05) is 30.3 Å². The number of benzene rings is 2. The monoisotopic (exact) mass is 334 g/mol. The lowest BCUT2D eigenvalue weighted by Crippen LogP contribution is -2.29. The quantitative estimate of drug-likeness (QED) is 0.717. The summed E-state index contributed by atoms with van der Waals surface area (Å²) < 4.78 is 10.4. The first kappa shape index (κ1) is 15.6. The van der Waals surface area contributed by atoms with Crippen LogP contribution in [-0.4, -0.2) is 23.2 Å². The number of carbonyl (C=O) groups is 1. The third kappa shape index (κ3) is 2.84. The van der Waals surface area contributed by atoms with Crippen LogP contribution in [0.25, 0.3) is 11.3 Å². The minimum atomic E-state index is -0.986. The van der Waals surface area contributed by atoms with Gasteiger partial charge in [0.25, 0.3) is 5.91 Å². The fourth-order valence-electron chi connectivity index (χ4n) is 2.85. The predicted octanol–water partition coefficient (Wildman–Crippen LogP) is 2.12. The van der Waals surface area contributed by atoms with Crippen molar-refractivity contribution < 1.29 is 19.0 Å². The number of rotatable bonds is 3. The van der Waals surface area contributed by atoms with Crippen LogP contribution >= 0.6 is 0 Å². The summed E-state index contributed by atoms with van der Waals surface area (Å²) in [5, 5.41) is 16.7. The number of carbonyl (C=O) groups excluding carboxylic acids is 1. The Morgan fingerprint density at radius 2 is 2.04 bits per heavy atom. The van der Waals surface area contributed by atoms with Gasteiger partial charge >= 0.3 is 7.12 Å². The number of nitrogens with one attached hydrogen (secondary N) is 1. The molecule has 1 aromatic heterocycles. The maximum Gasteiger partial charge on any atom is 0.491 e. The van der Waals surface area contributed by atoms with Gasteiger partial charge in [-0.1, -0.05) is 41.6 Å². The molecule has 4 rings (SSSR count). The Morgan fingerprint density at radius 3 is 2.84 bits per heavy atom. The molecule has 1 aliphatic rings. The summed E-state index contributed by atoms with van der Waals surface area (Å²) in [7, 11) is -0.986. The zero-order chi connectivity index (χ0) is 17.4. The van der Waals surface area contributed by atoms with Gasteiger partial charge in [0.2, 0.25) is 0 Å². The number of hydrogen-bond donors (Lipinski definition) is 2. The molecular formula is C18H15BN2O4. The molecule has 0 spiro atoms. The number of nitrogens with zero attached hydrogens (tertiary/aromatic N) is 1. The van der Waals surface area contributed by atoms with Gasteiger partial charge in [0.15, 0.2) is 5.76 Å². The van der Waals surface area contributed by atoms with Crippen molar-refractivity contribution in [2.75, 3.05) is 5.32 Å². The molecule has 2 aromatic carbocycles. The minimum Gasteiger partial charge on any atom is -0.423 e. The molecule has 0 radical (unpaired) electrons. The van der Waals surface area contributed by atoms with Crippen LogP contribution in [0.15, 0.2) is 53.1 Å². The standard InChI is InChI=1S/C18H15BN2O4/c1-11-16(17(21-25-11)12-5-3-2-4-6-12)20-18(22)13-7-8-14-10-24-19(23)15(14)9-13/h2-9,23H,10H2,1H3,(H,20,22). The SMILES string of the molecule is Cc1onc(-c2ccccc2)c1NC(=O)c1ccc2c(c1)B(O)OC2. The van der Waals surface area contributed by atoms with Gasteiger partial charge in [-0.25, -0.2) is 0 Å². The number of aromatic nitrogens is 1. The van der Waals surface area contributed by atoms with Crippen LogP contribution in [0.5, 0.6) is 0 Å². The van der Waals surface area contributed by atoms with E-state index in [9.17, 15) is 9.82 Å². The molecule has 0 bridgehead atoms. The van der Waals surface area contributed by atoms with Crippen molar-refractivity contribution in [1.29, 1.82) is 0 Å². The van der Waals surface area contributed by atoms with E-state index in [0.717, 1.165) is 11.1 Å². The van der Waals surface area contributed by atoms with E-state index in [1.165, 1.54) is 0 Å². The molecule has 0 saturated carbocycles. The van der Waals surface area contributed by atoms with Gasteiger partial charge in [-0.05, 0) is 30.1 Å². The Balaban J connectivity index is 1.64. The molecular weight excluding hydrogens is 319 g/mol. The van der Waals surface area contributed by atoms with E-state index in [2.05, 4.69) is 10.5 Å². The maximum atomic E-state index is 12.7. The van der Waals surface area contributed by atoms with Crippen LogP contribution in [0.4, 0.5) is 5.69 Å². The number of anilines is 1. The first-order valence-corrected chi connectivity index (χ1v) is 7.89. The molecule has 25 heavy (non-hydrogen) atoms. The van der Waals surface area contributed by atoms with Gasteiger partial charge < -0.3 is 19.5 Å². The van der Waals surface area contributed by atoms with E-state index in [1.54, 1.807) is 25.1 Å². The Kier molecular flexibility index (Phi) is 3.87. The predicted molar refractivity (Wildman–Crippen MR) is 93.5 cm³/mol. The average Bonchev–Trinajstić information content (AvgIpc) is 3.19. The highest BCUT2D eigenvalue weighted by Gasteiger charge is 2.28. The number of fused-ring (bicyclic) bond motifs is 1. The second-order valence-corrected chi connectivity index (χ2v) is 5.86. The van der Waals surface area contributed by atoms with Crippen molar-refractivity contribution in [3.8, 4) is 11.3 Å². The van der Waals surface area contributed by atoms with Crippen molar-refractivity contribution >= 4 is 24.2 Å². The highest BCUT2D eigenvalue weighted by molar-refractivity contribution is 6.61. The molecule has 2 N–H and O–H groups in total. The van der Waals surface area contributed by atoms with Crippen LogP contribution in [0.2, 0.25) is 0 Å². The summed E-state index contributed by atoms with van der Waals surface area (Å²) in [6.45, 7) is 2.09. The number of amides is 1. The highest BCUT2D eigenvalue weighted by atomic mass is 16.5. The van der Waals surface area contributed by atoms with Crippen LogP contribution in [-0.2, 0) is 11.3 Å². The molecule has 0 unspecified atom stereocenters. The van der Waals surface area contributed by atoms with E-state index < -0.39 is 7.12 Å². The van der Waals surface area contributed by atoms with Crippen molar-refractivity contribution in [3.63, 3.8) is 0 Å². The Labute approximate surface area is 144 Å². The zero-order valence-electron chi connectivity index (χ0n) is 13.5. The third-order valence-electron chi connectivity index (χ3n) is 4.22. The van der Waals surface area contributed by atoms with E-state index in [0.29, 0.717) is 34.8 Å². The van der Waals surface area contributed by atoms with E-state index in [4.69, 9.17) is 9.18 Å². The van der Waals surface area contributed by atoms with E-state index >= 15 is 0 Å². The molecule has 0 aliphatic carbocycles. The zero-order valence-corrected chi connectivity index (χ0v) is 13.5. The molecule has 0 saturated heterocycles. The summed E-state index contributed by atoms with van der Waals surface area (Å²) >= 11 is 0.